The van der Waals surface area contributed by atoms with Crippen molar-refractivity contribution in [3.63, 3.8) is 0 Å². The monoisotopic (exact) mass is 311 g/mol. The van der Waals surface area contributed by atoms with Crippen LogP contribution < -0.4 is 10.0 Å². The van der Waals surface area contributed by atoms with Gasteiger partial charge in [0.1, 0.15) is 0 Å². The van der Waals surface area contributed by atoms with Crippen molar-refractivity contribution in [2.75, 3.05) is 7.05 Å². The fraction of sp³-hybridized carbons (Fsp3) is 0.308. The maximum absolute atomic E-state index is 12.4. The topological polar surface area (TPSA) is 71.1 Å². The van der Waals surface area contributed by atoms with Gasteiger partial charge in [0, 0.05) is 29.9 Å². The summed E-state index contributed by atoms with van der Waals surface area (Å²) in [6, 6.07) is 4.94. The molecule has 2 rings (SSSR count). The molecule has 7 heteroatoms. The van der Waals surface area contributed by atoms with Gasteiger partial charge in [0.25, 0.3) is 0 Å². The second-order valence-corrected chi connectivity index (χ2v) is 7.04. The van der Waals surface area contributed by atoms with Crippen molar-refractivity contribution in [3.8, 4) is 0 Å². The highest BCUT2D eigenvalue weighted by Gasteiger charge is 2.22. The smallest absolute Gasteiger partial charge is 0.242 e. The third-order valence-electron chi connectivity index (χ3n) is 2.87. The van der Waals surface area contributed by atoms with E-state index in [0.717, 1.165) is 10.4 Å². The Balaban J connectivity index is 2.21. The minimum Gasteiger partial charge on any atom is -0.315 e. The number of aromatic nitrogens is 1. The molecule has 0 aromatic carbocycles. The average Bonchev–Trinajstić information content (AvgIpc) is 2.89. The third kappa shape index (κ3) is 3.43. The second kappa shape index (κ2) is 6.45. The Morgan fingerprint density at radius 2 is 2.00 bits per heavy atom. The number of thiophene rings is 1. The van der Waals surface area contributed by atoms with Crippen molar-refractivity contribution in [1.82, 2.24) is 15.0 Å². The summed E-state index contributed by atoms with van der Waals surface area (Å²) in [5, 5.41) is 4.77. The number of rotatable bonds is 6. The van der Waals surface area contributed by atoms with Crippen LogP contribution in [-0.4, -0.2) is 20.4 Å². The molecule has 0 amide bonds. The molecule has 2 aromatic heterocycles. The molecule has 108 valence electrons. The molecule has 1 unspecified atom stereocenters. The predicted octanol–water partition coefficient (Wildman–Crippen LogP) is 1.90. The lowest BCUT2D eigenvalue weighted by molar-refractivity contribution is 0.566. The van der Waals surface area contributed by atoms with E-state index in [1.165, 1.54) is 11.3 Å². The molecule has 0 spiro atoms. The Kier molecular flexibility index (Phi) is 4.87. The van der Waals surface area contributed by atoms with Crippen LogP contribution in [0.15, 0.2) is 40.9 Å². The van der Waals surface area contributed by atoms with E-state index in [4.69, 9.17) is 0 Å². The standard InChI is InChI=1S/C13H17N3O2S2/c1-10(11-3-6-15-7-4-11)16-20(17,18)13-5-8-19-12(13)9-14-2/h3-8,10,14,16H,9H2,1-2H3. The van der Waals surface area contributed by atoms with Gasteiger partial charge >= 0.3 is 0 Å². The van der Waals surface area contributed by atoms with Crippen LogP contribution in [0.4, 0.5) is 0 Å². The van der Waals surface area contributed by atoms with Crippen LogP contribution >= 0.6 is 11.3 Å². The van der Waals surface area contributed by atoms with Gasteiger partial charge in [0.15, 0.2) is 0 Å². The minimum atomic E-state index is -3.52. The fourth-order valence-corrected chi connectivity index (χ4v) is 4.56. The number of pyridine rings is 1. The molecule has 2 aromatic rings. The lowest BCUT2D eigenvalue weighted by atomic mass is 10.1. The van der Waals surface area contributed by atoms with Gasteiger partial charge in [-0.3, -0.25) is 4.98 Å². The van der Waals surface area contributed by atoms with E-state index in [0.29, 0.717) is 11.4 Å². The molecule has 0 aliphatic heterocycles. The zero-order chi connectivity index (χ0) is 14.6. The van der Waals surface area contributed by atoms with Gasteiger partial charge in [-0.2, -0.15) is 0 Å². The van der Waals surface area contributed by atoms with Crippen LogP contribution in [0.3, 0.4) is 0 Å². The highest BCUT2D eigenvalue weighted by molar-refractivity contribution is 7.89. The summed E-state index contributed by atoms with van der Waals surface area (Å²) in [7, 11) is -1.72. The Hall–Kier alpha value is -1.28. The van der Waals surface area contributed by atoms with E-state index < -0.39 is 10.0 Å². The van der Waals surface area contributed by atoms with Crippen LogP contribution in [0.25, 0.3) is 0 Å². The third-order valence-corrected chi connectivity index (χ3v) is 5.54. The largest absolute Gasteiger partial charge is 0.315 e. The van der Waals surface area contributed by atoms with E-state index >= 15 is 0 Å². The van der Waals surface area contributed by atoms with Crippen molar-refractivity contribution in [2.45, 2.75) is 24.4 Å². The zero-order valence-corrected chi connectivity index (χ0v) is 13.0. The van der Waals surface area contributed by atoms with Gasteiger partial charge < -0.3 is 5.32 Å². The molecular formula is C13H17N3O2S2. The summed E-state index contributed by atoms with van der Waals surface area (Å²) in [4.78, 5) is 5.08. The molecule has 0 bridgehead atoms. The van der Waals surface area contributed by atoms with Gasteiger partial charge in [-0.15, -0.1) is 11.3 Å². The van der Waals surface area contributed by atoms with Crippen LogP contribution in [0.1, 0.15) is 23.4 Å². The van der Waals surface area contributed by atoms with Gasteiger partial charge in [-0.1, -0.05) is 0 Å². The summed E-state index contributed by atoms with van der Waals surface area (Å²) >= 11 is 1.43. The Morgan fingerprint density at radius 1 is 1.30 bits per heavy atom. The minimum absolute atomic E-state index is 0.301. The predicted molar refractivity (Wildman–Crippen MR) is 80.1 cm³/mol. The first-order valence-electron chi connectivity index (χ1n) is 6.18. The molecule has 2 N–H and O–H groups in total. The molecule has 0 aliphatic rings. The first-order valence-corrected chi connectivity index (χ1v) is 8.54. The van der Waals surface area contributed by atoms with E-state index in [1.54, 1.807) is 43.0 Å². The van der Waals surface area contributed by atoms with Crippen molar-refractivity contribution in [2.24, 2.45) is 0 Å². The van der Waals surface area contributed by atoms with Crippen molar-refractivity contribution in [3.05, 3.63) is 46.4 Å². The summed E-state index contributed by atoms with van der Waals surface area (Å²) in [6.07, 6.45) is 3.30. The van der Waals surface area contributed by atoms with E-state index in [1.807, 2.05) is 6.92 Å². The van der Waals surface area contributed by atoms with Gasteiger partial charge in [-0.25, -0.2) is 13.1 Å². The SMILES string of the molecule is CNCc1sccc1S(=O)(=O)NC(C)c1ccncc1. The molecule has 0 radical (unpaired) electrons. The quantitative estimate of drug-likeness (QED) is 0.855. The van der Waals surface area contributed by atoms with Gasteiger partial charge in [0.05, 0.1) is 4.90 Å². The molecule has 20 heavy (non-hydrogen) atoms. The van der Waals surface area contributed by atoms with E-state index in [9.17, 15) is 8.42 Å². The maximum Gasteiger partial charge on any atom is 0.242 e. The second-order valence-electron chi connectivity index (χ2n) is 4.36. The van der Waals surface area contributed by atoms with Gasteiger partial charge in [-0.05, 0) is 43.1 Å². The molecule has 0 fully saturated rings. The van der Waals surface area contributed by atoms with E-state index in [-0.39, 0.29) is 6.04 Å². The molecule has 1 atom stereocenters. The van der Waals surface area contributed by atoms with Crippen molar-refractivity contribution in [1.29, 1.82) is 0 Å². The lowest BCUT2D eigenvalue weighted by Crippen LogP contribution is -2.27. The van der Waals surface area contributed by atoms with Crippen LogP contribution in [0.2, 0.25) is 0 Å². The average molecular weight is 311 g/mol. The molecule has 5 nitrogen and oxygen atoms in total. The highest BCUT2D eigenvalue weighted by Crippen LogP contribution is 2.23. The van der Waals surface area contributed by atoms with Crippen molar-refractivity contribution >= 4 is 21.4 Å². The Morgan fingerprint density at radius 3 is 2.65 bits per heavy atom. The number of sulfonamides is 1. The highest BCUT2D eigenvalue weighted by atomic mass is 32.2. The molecular weight excluding hydrogens is 294 g/mol. The number of hydrogen-bond donors (Lipinski definition) is 2. The van der Waals surface area contributed by atoms with Crippen molar-refractivity contribution < 1.29 is 8.42 Å². The van der Waals surface area contributed by atoms with Crippen LogP contribution in [0, 0.1) is 0 Å². The number of hydrogen-bond acceptors (Lipinski definition) is 5. The summed E-state index contributed by atoms with van der Waals surface area (Å²) in [6.45, 7) is 2.36. The number of nitrogens with one attached hydrogen (secondary N) is 2. The zero-order valence-electron chi connectivity index (χ0n) is 11.3. The number of nitrogens with zero attached hydrogens (tertiary/aromatic N) is 1. The molecule has 0 aliphatic carbocycles. The normalized spacial score (nSPS) is 13.3. The summed E-state index contributed by atoms with van der Waals surface area (Å²) in [5.41, 5.74) is 0.883. The first kappa shape index (κ1) is 15.1. The summed E-state index contributed by atoms with van der Waals surface area (Å²) in [5.74, 6) is 0. The van der Waals surface area contributed by atoms with E-state index in [2.05, 4.69) is 15.0 Å². The Labute approximate surface area is 123 Å². The van der Waals surface area contributed by atoms with Gasteiger partial charge in [0.2, 0.25) is 10.0 Å². The fourth-order valence-electron chi connectivity index (χ4n) is 1.87. The molecule has 0 saturated carbocycles. The first-order chi connectivity index (χ1) is 9.54. The Bertz CT molecular complexity index is 653. The van der Waals surface area contributed by atoms with Crippen LogP contribution in [0.5, 0.6) is 0 Å². The molecule has 0 saturated heterocycles. The van der Waals surface area contributed by atoms with Crippen LogP contribution in [-0.2, 0) is 16.6 Å². The maximum atomic E-state index is 12.4. The lowest BCUT2D eigenvalue weighted by Gasteiger charge is -2.14. The summed E-state index contributed by atoms with van der Waals surface area (Å²) < 4.78 is 27.5. The molecule has 2 heterocycles.